The van der Waals surface area contributed by atoms with Crippen LogP contribution in [-0.2, 0) is 6.54 Å². The lowest BCUT2D eigenvalue weighted by atomic mass is 10.0. The molecule has 1 saturated heterocycles. The molecule has 0 amide bonds. The van der Waals surface area contributed by atoms with E-state index in [1.165, 1.54) is 5.56 Å². The molecular formula is C24H27N3O. The average molecular weight is 374 g/mol. The highest BCUT2D eigenvalue weighted by Gasteiger charge is 2.15. The second-order valence-corrected chi connectivity index (χ2v) is 7.16. The van der Waals surface area contributed by atoms with E-state index in [9.17, 15) is 0 Å². The number of ether oxygens (including phenoxy) is 1. The second kappa shape index (κ2) is 9.89. The molecule has 1 heterocycles. The van der Waals surface area contributed by atoms with Gasteiger partial charge in [-0.05, 0) is 53.3 Å². The van der Waals surface area contributed by atoms with Gasteiger partial charge in [-0.25, -0.2) is 4.85 Å². The summed E-state index contributed by atoms with van der Waals surface area (Å²) in [4.78, 5) is 3.58. The van der Waals surface area contributed by atoms with Crippen LogP contribution in [0.2, 0.25) is 0 Å². The summed E-state index contributed by atoms with van der Waals surface area (Å²) in [5, 5.41) is 6.83. The quantitative estimate of drug-likeness (QED) is 0.384. The fourth-order valence-corrected chi connectivity index (χ4v) is 3.08. The minimum Gasteiger partial charge on any atom is -0.490 e. The van der Waals surface area contributed by atoms with Crippen molar-refractivity contribution in [1.29, 1.82) is 0 Å². The predicted molar refractivity (Wildman–Crippen MR) is 117 cm³/mol. The van der Waals surface area contributed by atoms with Crippen LogP contribution in [0.4, 0.5) is 5.69 Å². The summed E-state index contributed by atoms with van der Waals surface area (Å²) >= 11 is 0. The van der Waals surface area contributed by atoms with Crippen LogP contribution in [0.5, 0.6) is 5.75 Å². The highest BCUT2D eigenvalue weighted by Crippen LogP contribution is 2.23. The maximum atomic E-state index is 7.28. The fourth-order valence-electron chi connectivity index (χ4n) is 3.08. The highest BCUT2D eigenvalue weighted by molar-refractivity contribution is 5.73. The van der Waals surface area contributed by atoms with E-state index in [0.717, 1.165) is 54.5 Å². The lowest BCUT2D eigenvalue weighted by molar-refractivity contribution is 0.331. The SMILES string of the molecule is [C-]#[N+]c1cc(/C=C/c2cc(CNCC3CNC3)cc(OCC=C)c2)ccc1C. The third-order valence-corrected chi connectivity index (χ3v) is 4.81. The van der Waals surface area contributed by atoms with Gasteiger partial charge in [0, 0.05) is 26.2 Å². The normalized spacial score (nSPS) is 13.9. The molecule has 3 rings (SSSR count). The van der Waals surface area contributed by atoms with Crippen molar-refractivity contribution in [1.82, 2.24) is 10.6 Å². The zero-order chi connectivity index (χ0) is 19.8. The number of aryl methyl sites for hydroxylation is 1. The summed E-state index contributed by atoms with van der Waals surface area (Å²) in [6.45, 7) is 17.5. The Morgan fingerprint density at radius 1 is 1.21 bits per heavy atom. The van der Waals surface area contributed by atoms with Gasteiger partial charge in [0.15, 0.2) is 5.69 Å². The predicted octanol–water partition coefficient (Wildman–Crippen LogP) is 4.59. The lowest BCUT2D eigenvalue weighted by Gasteiger charge is -2.27. The van der Waals surface area contributed by atoms with Crippen molar-refractivity contribution in [2.45, 2.75) is 13.5 Å². The topological polar surface area (TPSA) is 37.7 Å². The van der Waals surface area contributed by atoms with Crippen LogP contribution < -0.4 is 15.4 Å². The Morgan fingerprint density at radius 3 is 2.75 bits per heavy atom. The Hall–Kier alpha value is -2.87. The zero-order valence-electron chi connectivity index (χ0n) is 16.4. The van der Waals surface area contributed by atoms with E-state index in [0.29, 0.717) is 12.3 Å². The van der Waals surface area contributed by atoms with Crippen LogP contribution >= 0.6 is 0 Å². The summed E-state index contributed by atoms with van der Waals surface area (Å²) < 4.78 is 5.77. The Labute approximate surface area is 167 Å². The van der Waals surface area contributed by atoms with Crippen LogP contribution in [0.1, 0.15) is 22.3 Å². The van der Waals surface area contributed by atoms with Gasteiger partial charge in [0.2, 0.25) is 0 Å². The number of hydrogen-bond donors (Lipinski definition) is 2. The van der Waals surface area contributed by atoms with E-state index in [2.05, 4.69) is 40.3 Å². The smallest absolute Gasteiger partial charge is 0.190 e. The number of hydrogen-bond acceptors (Lipinski definition) is 3. The molecule has 0 saturated carbocycles. The van der Waals surface area contributed by atoms with Crippen molar-refractivity contribution in [2.75, 3.05) is 26.2 Å². The van der Waals surface area contributed by atoms with Crippen LogP contribution in [-0.4, -0.2) is 26.2 Å². The van der Waals surface area contributed by atoms with Gasteiger partial charge < -0.3 is 15.4 Å². The molecule has 2 aromatic rings. The van der Waals surface area contributed by atoms with E-state index in [-0.39, 0.29) is 0 Å². The summed E-state index contributed by atoms with van der Waals surface area (Å²) in [6.07, 6.45) is 5.86. The van der Waals surface area contributed by atoms with E-state index >= 15 is 0 Å². The molecule has 0 atom stereocenters. The molecule has 2 N–H and O–H groups in total. The van der Waals surface area contributed by atoms with Crippen molar-refractivity contribution in [3.8, 4) is 5.75 Å². The minimum absolute atomic E-state index is 0.486. The van der Waals surface area contributed by atoms with Gasteiger partial charge in [-0.2, -0.15) is 0 Å². The molecule has 4 nitrogen and oxygen atoms in total. The summed E-state index contributed by atoms with van der Waals surface area (Å²) in [7, 11) is 0. The third kappa shape index (κ3) is 5.56. The first-order valence-electron chi connectivity index (χ1n) is 9.63. The van der Waals surface area contributed by atoms with E-state index in [1.807, 2.05) is 37.3 Å². The van der Waals surface area contributed by atoms with Crippen LogP contribution in [0, 0.1) is 19.4 Å². The monoisotopic (exact) mass is 373 g/mol. The molecule has 1 fully saturated rings. The van der Waals surface area contributed by atoms with Gasteiger partial charge in [-0.15, -0.1) is 0 Å². The van der Waals surface area contributed by atoms with E-state index in [1.54, 1.807) is 6.08 Å². The molecule has 144 valence electrons. The highest BCUT2D eigenvalue weighted by atomic mass is 16.5. The Morgan fingerprint density at radius 2 is 2.04 bits per heavy atom. The molecular weight excluding hydrogens is 346 g/mol. The van der Waals surface area contributed by atoms with Crippen molar-refractivity contribution < 1.29 is 4.74 Å². The number of benzene rings is 2. The maximum absolute atomic E-state index is 7.28. The number of rotatable bonds is 9. The number of nitrogens with one attached hydrogen (secondary N) is 2. The van der Waals surface area contributed by atoms with Gasteiger partial charge in [-0.3, -0.25) is 0 Å². The Kier molecular flexibility index (Phi) is 7.02. The van der Waals surface area contributed by atoms with Crippen molar-refractivity contribution >= 4 is 17.8 Å². The molecule has 2 aromatic carbocycles. The van der Waals surface area contributed by atoms with Gasteiger partial charge in [0.05, 0.1) is 6.57 Å². The summed E-state index contributed by atoms with van der Waals surface area (Å²) in [5.41, 5.74) is 4.99. The van der Waals surface area contributed by atoms with Gasteiger partial charge in [-0.1, -0.05) is 43.0 Å². The van der Waals surface area contributed by atoms with E-state index in [4.69, 9.17) is 11.3 Å². The fraction of sp³-hybridized carbons (Fsp3) is 0.292. The molecule has 0 radical (unpaired) electrons. The summed E-state index contributed by atoms with van der Waals surface area (Å²) in [6, 6.07) is 12.2. The first-order chi connectivity index (χ1) is 13.7. The molecule has 1 aliphatic rings. The average Bonchev–Trinajstić information content (AvgIpc) is 2.67. The molecule has 0 bridgehead atoms. The van der Waals surface area contributed by atoms with E-state index < -0.39 is 0 Å². The second-order valence-electron chi connectivity index (χ2n) is 7.16. The van der Waals surface area contributed by atoms with Crippen LogP contribution in [0.25, 0.3) is 17.0 Å². The molecule has 4 heteroatoms. The molecule has 0 aromatic heterocycles. The van der Waals surface area contributed by atoms with Gasteiger partial charge in [0.25, 0.3) is 0 Å². The van der Waals surface area contributed by atoms with Gasteiger partial charge in [0.1, 0.15) is 12.4 Å². The van der Waals surface area contributed by atoms with Gasteiger partial charge >= 0.3 is 0 Å². The maximum Gasteiger partial charge on any atom is 0.190 e. The number of nitrogens with zero attached hydrogens (tertiary/aromatic N) is 1. The standard InChI is InChI=1S/C24H27N3O/c1-4-9-28-23-11-20(8-7-19-6-5-18(2)24(13-19)25-3)10-21(12-23)14-26-15-22-16-27-17-22/h4-8,10-13,22,26-27H,1,9,14-17H2,2H3/b8-7+. The Bertz CT molecular complexity index is 891. The first-order valence-corrected chi connectivity index (χ1v) is 9.63. The minimum atomic E-state index is 0.486. The zero-order valence-corrected chi connectivity index (χ0v) is 16.4. The largest absolute Gasteiger partial charge is 0.490 e. The van der Waals surface area contributed by atoms with Crippen molar-refractivity contribution in [3.05, 3.63) is 82.7 Å². The summed E-state index contributed by atoms with van der Waals surface area (Å²) in [5.74, 6) is 1.58. The molecule has 28 heavy (non-hydrogen) atoms. The third-order valence-electron chi connectivity index (χ3n) is 4.81. The van der Waals surface area contributed by atoms with Crippen molar-refractivity contribution in [2.24, 2.45) is 5.92 Å². The molecule has 1 aliphatic heterocycles. The van der Waals surface area contributed by atoms with Crippen LogP contribution in [0.15, 0.2) is 49.1 Å². The Balaban J connectivity index is 1.74. The molecule has 0 spiro atoms. The first kappa shape index (κ1) is 19.9. The molecule has 0 unspecified atom stereocenters. The lowest BCUT2D eigenvalue weighted by Crippen LogP contribution is -2.47. The van der Waals surface area contributed by atoms with Crippen molar-refractivity contribution in [3.63, 3.8) is 0 Å². The molecule has 0 aliphatic carbocycles. The van der Waals surface area contributed by atoms with Crippen LogP contribution in [0.3, 0.4) is 0 Å².